The van der Waals surface area contributed by atoms with Crippen molar-refractivity contribution >= 4 is 92.2 Å². The molecule has 1 aliphatic carbocycles. The fourth-order valence-electron chi connectivity index (χ4n) is 9.01. The summed E-state index contributed by atoms with van der Waals surface area (Å²) in [4.78, 5) is 6.68. The van der Waals surface area contributed by atoms with Gasteiger partial charge in [-0.1, -0.05) is 115 Å². The molecular weight excluding hydrogens is 733 g/mol. The van der Waals surface area contributed by atoms with Crippen LogP contribution < -0.4 is 10.6 Å². The number of thiophene rings is 2. The molecule has 10 aromatic rings. The van der Waals surface area contributed by atoms with Gasteiger partial charge in [-0.05, 0) is 95.3 Å². The number of nitrogens with one attached hydrogen (secondary N) is 2. The molecule has 7 aromatic carbocycles. The predicted molar refractivity (Wildman–Crippen MR) is 243 cm³/mol. The number of para-hydroxylation sites is 2. The van der Waals surface area contributed by atoms with Crippen molar-refractivity contribution in [2.24, 2.45) is 4.99 Å². The van der Waals surface area contributed by atoms with Crippen molar-refractivity contribution in [3.05, 3.63) is 196 Å². The molecule has 2 aliphatic rings. The van der Waals surface area contributed by atoms with Crippen LogP contribution in [-0.2, 0) is 6.42 Å². The highest BCUT2D eigenvalue weighted by Gasteiger charge is 2.26. The molecule has 0 amide bonds. The maximum absolute atomic E-state index is 5.21. The molecule has 0 radical (unpaired) electrons. The molecule has 0 saturated heterocycles. The van der Waals surface area contributed by atoms with Crippen molar-refractivity contribution in [2.75, 3.05) is 0 Å². The van der Waals surface area contributed by atoms with Gasteiger partial charge in [0.2, 0.25) is 0 Å². The highest BCUT2D eigenvalue weighted by molar-refractivity contribution is 7.25. The summed E-state index contributed by atoms with van der Waals surface area (Å²) in [5, 5.41) is 14.0. The number of aliphatic imine (C=N–C) groups is 1. The SMILES string of the molecule is C1=C(c2ccc3sc4ccc(-n5c6ccccc6c6ccccc65)cc4c3c2)CCc2sc3cc(C4=NC(c5ccccc5)NC(c5ccccc5)N4)ccc3c21. The van der Waals surface area contributed by atoms with Crippen LogP contribution in [0, 0.1) is 0 Å². The van der Waals surface area contributed by atoms with E-state index in [1.807, 2.05) is 22.7 Å². The molecule has 2 unspecified atom stereocenters. The van der Waals surface area contributed by atoms with Gasteiger partial charge in [-0.2, -0.15) is 0 Å². The van der Waals surface area contributed by atoms with Crippen LogP contribution in [0.5, 0.6) is 0 Å². The number of nitrogens with zero attached hydrogens (tertiary/aromatic N) is 2. The Morgan fingerprint density at radius 3 is 1.96 bits per heavy atom. The molecule has 0 bridgehead atoms. The number of allylic oxidation sites excluding steroid dienone is 1. The van der Waals surface area contributed by atoms with E-state index < -0.39 is 0 Å². The minimum absolute atomic E-state index is 0.0560. The Morgan fingerprint density at radius 2 is 1.19 bits per heavy atom. The van der Waals surface area contributed by atoms with Crippen molar-refractivity contribution < 1.29 is 0 Å². The molecule has 0 saturated carbocycles. The number of aromatic nitrogens is 1. The fourth-order valence-corrected chi connectivity index (χ4v) is 11.3. The highest BCUT2D eigenvalue weighted by atomic mass is 32.1. The maximum atomic E-state index is 5.21. The van der Waals surface area contributed by atoms with Crippen LogP contribution in [0.3, 0.4) is 0 Å². The first-order valence-electron chi connectivity index (χ1n) is 19.6. The molecule has 4 heterocycles. The Balaban J connectivity index is 0.909. The monoisotopic (exact) mass is 768 g/mol. The third-order valence-electron chi connectivity index (χ3n) is 11.8. The molecule has 12 rings (SSSR count). The van der Waals surface area contributed by atoms with E-state index in [0.717, 1.165) is 29.8 Å². The van der Waals surface area contributed by atoms with E-state index in [2.05, 4.69) is 185 Å². The summed E-state index contributed by atoms with van der Waals surface area (Å²) in [6, 6.07) is 59.6. The number of hydrogen-bond acceptors (Lipinski definition) is 5. The first-order chi connectivity index (χ1) is 28.2. The zero-order chi connectivity index (χ0) is 37.5. The minimum atomic E-state index is -0.150. The van der Waals surface area contributed by atoms with Crippen LogP contribution in [0.15, 0.2) is 169 Å². The quantitative estimate of drug-likeness (QED) is 0.183. The third-order valence-corrected chi connectivity index (χ3v) is 14.2. The van der Waals surface area contributed by atoms with Gasteiger partial charge in [0, 0.05) is 57.2 Å². The van der Waals surface area contributed by atoms with Crippen LogP contribution in [0.1, 0.15) is 51.4 Å². The Kier molecular flexibility index (Phi) is 7.58. The molecule has 57 heavy (non-hydrogen) atoms. The van der Waals surface area contributed by atoms with Gasteiger partial charge in [-0.25, -0.2) is 4.99 Å². The molecule has 2 atom stereocenters. The average Bonchev–Trinajstić information content (AvgIpc) is 3.95. The van der Waals surface area contributed by atoms with Gasteiger partial charge in [-0.3, -0.25) is 5.32 Å². The second kappa shape index (κ2) is 13.1. The lowest BCUT2D eigenvalue weighted by molar-refractivity contribution is 0.409. The van der Waals surface area contributed by atoms with Gasteiger partial charge in [0.1, 0.15) is 18.2 Å². The number of rotatable bonds is 5. The molecule has 2 N–H and O–H groups in total. The molecule has 0 fully saturated rings. The second-order valence-corrected chi connectivity index (χ2v) is 17.3. The zero-order valence-corrected chi connectivity index (χ0v) is 32.6. The van der Waals surface area contributed by atoms with Crippen LogP contribution in [0.2, 0.25) is 0 Å². The summed E-state index contributed by atoms with van der Waals surface area (Å²) in [5.41, 5.74) is 11.2. The van der Waals surface area contributed by atoms with E-state index in [-0.39, 0.29) is 12.3 Å². The van der Waals surface area contributed by atoms with E-state index in [1.54, 1.807) is 0 Å². The zero-order valence-electron chi connectivity index (χ0n) is 30.9. The number of aryl methyl sites for hydroxylation is 1. The average molecular weight is 769 g/mol. The number of hydrogen-bond donors (Lipinski definition) is 2. The Morgan fingerprint density at radius 1 is 0.526 bits per heavy atom. The summed E-state index contributed by atoms with van der Waals surface area (Å²) >= 11 is 3.82. The normalized spacial score (nSPS) is 16.9. The summed E-state index contributed by atoms with van der Waals surface area (Å²) in [5.74, 6) is 0.915. The van der Waals surface area contributed by atoms with E-state index in [1.165, 1.54) is 84.9 Å². The van der Waals surface area contributed by atoms with Crippen LogP contribution in [0.4, 0.5) is 0 Å². The van der Waals surface area contributed by atoms with E-state index >= 15 is 0 Å². The lowest BCUT2D eigenvalue weighted by Gasteiger charge is -2.32. The first kappa shape index (κ1) is 32.9. The number of fused-ring (bicyclic) bond motifs is 9. The molecule has 3 aromatic heterocycles. The van der Waals surface area contributed by atoms with Crippen molar-refractivity contribution in [1.82, 2.24) is 15.2 Å². The van der Waals surface area contributed by atoms with E-state index in [9.17, 15) is 0 Å². The summed E-state index contributed by atoms with van der Waals surface area (Å²) in [7, 11) is 0. The number of benzene rings is 7. The number of amidine groups is 1. The summed E-state index contributed by atoms with van der Waals surface area (Å²) < 4.78 is 6.39. The summed E-state index contributed by atoms with van der Waals surface area (Å²) in [6.07, 6.45) is 4.34. The van der Waals surface area contributed by atoms with Gasteiger partial charge in [0.25, 0.3) is 0 Å². The molecule has 1 aliphatic heterocycles. The highest BCUT2D eigenvalue weighted by Crippen LogP contribution is 2.43. The van der Waals surface area contributed by atoms with Crippen molar-refractivity contribution in [2.45, 2.75) is 25.2 Å². The van der Waals surface area contributed by atoms with Gasteiger partial charge in [0.05, 0.1) is 11.0 Å². The van der Waals surface area contributed by atoms with Crippen molar-refractivity contribution in [1.29, 1.82) is 0 Å². The lowest BCUT2D eigenvalue weighted by atomic mass is 9.91. The van der Waals surface area contributed by atoms with Gasteiger partial charge < -0.3 is 9.88 Å². The van der Waals surface area contributed by atoms with Crippen LogP contribution >= 0.6 is 22.7 Å². The smallest absolute Gasteiger partial charge is 0.131 e. The van der Waals surface area contributed by atoms with E-state index in [0.29, 0.717) is 0 Å². The molecule has 272 valence electrons. The third kappa shape index (κ3) is 5.47. The fraction of sp³-hybridized carbons (Fsp3) is 0.0784. The van der Waals surface area contributed by atoms with Crippen molar-refractivity contribution in [3.63, 3.8) is 0 Å². The largest absolute Gasteiger partial charge is 0.350 e. The molecular formula is C51H36N4S2. The summed E-state index contributed by atoms with van der Waals surface area (Å²) in [6.45, 7) is 0. The maximum Gasteiger partial charge on any atom is 0.131 e. The van der Waals surface area contributed by atoms with Crippen molar-refractivity contribution in [3.8, 4) is 5.69 Å². The molecule has 4 nitrogen and oxygen atoms in total. The predicted octanol–water partition coefficient (Wildman–Crippen LogP) is 13.2. The molecule has 6 heteroatoms. The Hall–Kier alpha value is -6.31. The van der Waals surface area contributed by atoms with Crippen LogP contribution in [0.25, 0.3) is 69.4 Å². The second-order valence-electron chi connectivity index (χ2n) is 15.1. The van der Waals surface area contributed by atoms with E-state index in [4.69, 9.17) is 4.99 Å². The van der Waals surface area contributed by atoms with Gasteiger partial charge >= 0.3 is 0 Å². The van der Waals surface area contributed by atoms with Crippen LogP contribution in [-0.4, -0.2) is 10.4 Å². The topological polar surface area (TPSA) is 41.4 Å². The lowest BCUT2D eigenvalue weighted by Crippen LogP contribution is -2.44. The first-order valence-corrected chi connectivity index (χ1v) is 21.3. The Labute approximate surface area is 338 Å². The minimum Gasteiger partial charge on any atom is -0.350 e. The molecule has 0 spiro atoms. The standard InChI is InChI=1S/C51H36N4S2/c1-3-11-31(12-4-1)49-52-50(32-13-5-2-6-14-32)54-51(53-49)35-19-23-39-40-27-33(20-24-45(40)57-48(39)29-35)34-21-25-46-41(28-34)42-30-36(22-26-47(42)56-46)55-43-17-9-7-15-37(43)38-16-8-10-18-44(38)55/h1-19,21-23,25-30,49-50,52H,20,24H2,(H,53,54). The Bertz CT molecular complexity index is 3210. The van der Waals surface area contributed by atoms with Gasteiger partial charge in [-0.15, -0.1) is 22.7 Å². The van der Waals surface area contributed by atoms with Gasteiger partial charge in [0.15, 0.2) is 0 Å².